The molecule has 104 valence electrons. The molecule has 0 saturated heterocycles. The van der Waals surface area contributed by atoms with E-state index >= 15 is 0 Å². The molecular weight excluding hydrogens is 264 g/mol. The number of carbonyl (C=O) groups excluding carboxylic acids is 1. The molecule has 0 aliphatic heterocycles. The lowest BCUT2D eigenvalue weighted by Gasteiger charge is -2.09. The Kier molecular flexibility index (Phi) is 3.70. The van der Waals surface area contributed by atoms with Crippen molar-refractivity contribution < 1.29 is 18.3 Å². The molecule has 2 N–H and O–H groups in total. The Balaban J connectivity index is 2.54. The first kappa shape index (κ1) is 14.0. The van der Waals surface area contributed by atoms with Gasteiger partial charge in [-0.05, 0) is 37.3 Å². The topological polar surface area (TPSA) is 52.3 Å². The van der Waals surface area contributed by atoms with Crippen molar-refractivity contribution in [2.45, 2.75) is 6.92 Å². The largest absolute Gasteiger partial charge is 0.496 e. The SMILES string of the molecule is COc1ccc(F)cc1C(=O)c1cc(N)c(C)c(F)c1. The highest BCUT2D eigenvalue weighted by Gasteiger charge is 2.17. The van der Waals surface area contributed by atoms with E-state index in [9.17, 15) is 13.6 Å². The highest BCUT2D eigenvalue weighted by molar-refractivity contribution is 6.11. The number of carbonyl (C=O) groups is 1. The maximum absolute atomic E-state index is 13.6. The Bertz CT molecular complexity index is 661. The van der Waals surface area contributed by atoms with Crippen LogP contribution < -0.4 is 10.5 Å². The van der Waals surface area contributed by atoms with Gasteiger partial charge in [0.2, 0.25) is 0 Å². The predicted molar refractivity (Wildman–Crippen MR) is 71.9 cm³/mol. The third-order valence-corrected chi connectivity index (χ3v) is 3.05. The molecule has 3 nitrogen and oxygen atoms in total. The van der Waals surface area contributed by atoms with Crippen LogP contribution in [0.4, 0.5) is 14.5 Å². The highest BCUT2D eigenvalue weighted by Crippen LogP contribution is 2.25. The second-order valence-electron chi connectivity index (χ2n) is 4.35. The first-order valence-electron chi connectivity index (χ1n) is 5.88. The first-order valence-corrected chi connectivity index (χ1v) is 5.88. The zero-order valence-corrected chi connectivity index (χ0v) is 11.0. The quantitative estimate of drug-likeness (QED) is 0.693. The number of nitrogens with two attached hydrogens (primary N) is 1. The van der Waals surface area contributed by atoms with E-state index in [1.165, 1.54) is 32.2 Å². The lowest BCUT2D eigenvalue weighted by molar-refractivity contribution is 0.103. The third kappa shape index (κ3) is 2.47. The van der Waals surface area contributed by atoms with Crippen molar-refractivity contribution in [2.24, 2.45) is 0 Å². The molecule has 0 bridgehead atoms. The standard InChI is InChI=1S/C15H13F2NO2/c1-8-12(17)5-9(6-13(8)18)15(19)11-7-10(16)3-4-14(11)20-2/h3-7H,18H2,1-2H3. The number of methoxy groups -OCH3 is 1. The number of halogens is 2. The van der Waals surface area contributed by atoms with Crippen LogP contribution in [0.1, 0.15) is 21.5 Å². The summed E-state index contributed by atoms with van der Waals surface area (Å²) in [6, 6.07) is 6.02. The van der Waals surface area contributed by atoms with Crippen molar-refractivity contribution in [3.63, 3.8) is 0 Å². The smallest absolute Gasteiger partial charge is 0.197 e. The van der Waals surface area contributed by atoms with Gasteiger partial charge in [-0.3, -0.25) is 4.79 Å². The number of nitrogen functional groups attached to an aromatic ring is 1. The lowest BCUT2D eigenvalue weighted by atomic mass is 10.00. The van der Waals surface area contributed by atoms with Crippen LogP contribution in [0.15, 0.2) is 30.3 Å². The maximum atomic E-state index is 13.6. The molecule has 2 aromatic rings. The van der Waals surface area contributed by atoms with Crippen molar-refractivity contribution in [3.8, 4) is 5.75 Å². The van der Waals surface area contributed by atoms with Gasteiger partial charge in [-0.1, -0.05) is 0 Å². The van der Waals surface area contributed by atoms with Gasteiger partial charge in [-0.25, -0.2) is 8.78 Å². The van der Waals surface area contributed by atoms with Crippen molar-refractivity contribution in [2.75, 3.05) is 12.8 Å². The summed E-state index contributed by atoms with van der Waals surface area (Å²) in [6.07, 6.45) is 0. The molecule has 0 fully saturated rings. The van der Waals surface area contributed by atoms with Crippen molar-refractivity contribution in [3.05, 3.63) is 58.7 Å². The van der Waals surface area contributed by atoms with Gasteiger partial charge in [-0.15, -0.1) is 0 Å². The number of benzene rings is 2. The Labute approximate surface area is 115 Å². The molecule has 0 heterocycles. The zero-order chi connectivity index (χ0) is 14.9. The normalized spacial score (nSPS) is 10.4. The Morgan fingerprint density at radius 2 is 1.90 bits per heavy atom. The molecule has 0 saturated carbocycles. The molecule has 0 amide bonds. The number of ketones is 1. The van der Waals surface area contributed by atoms with E-state index in [2.05, 4.69) is 0 Å². The summed E-state index contributed by atoms with van der Waals surface area (Å²) in [5, 5.41) is 0. The average Bonchev–Trinajstić information content (AvgIpc) is 2.43. The second-order valence-corrected chi connectivity index (χ2v) is 4.35. The van der Waals surface area contributed by atoms with Crippen molar-refractivity contribution >= 4 is 11.5 Å². The minimum Gasteiger partial charge on any atom is -0.496 e. The van der Waals surface area contributed by atoms with E-state index in [0.29, 0.717) is 0 Å². The maximum Gasteiger partial charge on any atom is 0.197 e. The number of hydrogen-bond donors (Lipinski definition) is 1. The van der Waals surface area contributed by atoms with Crippen LogP contribution in [0.5, 0.6) is 5.75 Å². The molecule has 2 aromatic carbocycles. The Morgan fingerprint density at radius 3 is 2.50 bits per heavy atom. The van der Waals surface area contributed by atoms with Crippen LogP contribution in [0.25, 0.3) is 0 Å². The summed E-state index contributed by atoms with van der Waals surface area (Å²) < 4.78 is 31.9. The second kappa shape index (κ2) is 5.28. The fourth-order valence-electron chi connectivity index (χ4n) is 1.84. The Morgan fingerprint density at radius 1 is 1.20 bits per heavy atom. The van der Waals surface area contributed by atoms with Gasteiger partial charge in [0.25, 0.3) is 0 Å². The van der Waals surface area contributed by atoms with Crippen molar-refractivity contribution in [1.29, 1.82) is 0 Å². The van der Waals surface area contributed by atoms with E-state index < -0.39 is 17.4 Å². The summed E-state index contributed by atoms with van der Waals surface area (Å²) in [4.78, 5) is 12.3. The van der Waals surface area contributed by atoms with Gasteiger partial charge in [0.05, 0.1) is 12.7 Å². The van der Waals surface area contributed by atoms with Gasteiger partial charge in [0.1, 0.15) is 17.4 Å². The first-order chi connectivity index (χ1) is 9.43. The van der Waals surface area contributed by atoms with Gasteiger partial charge >= 0.3 is 0 Å². The molecule has 0 aliphatic carbocycles. The van der Waals surface area contributed by atoms with Crippen LogP contribution in [0.2, 0.25) is 0 Å². The minimum absolute atomic E-state index is 0.0233. The fraction of sp³-hybridized carbons (Fsp3) is 0.133. The highest BCUT2D eigenvalue weighted by atomic mass is 19.1. The number of ether oxygens (including phenoxy) is 1. The molecule has 0 aromatic heterocycles. The number of rotatable bonds is 3. The van der Waals surface area contributed by atoms with Crippen LogP contribution in [-0.2, 0) is 0 Å². The molecule has 0 atom stereocenters. The van der Waals surface area contributed by atoms with E-state index in [1.807, 2.05) is 0 Å². The zero-order valence-electron chi connectivity index (χ0n) is 11.0. The van der Waals surface area contributed by atoms with Gasteiger partial charge in [0, 0.05) is 16.8 Å². The summed E-state index contributed by atoms with van der Waals surface area (Å²) in [5.41, 5.74) is 6.16. The monoisotopic (exact) mass is 277 g/mol. The summed E-state index contributed by atoms with van der Waals surface area (Å²) in [7, 11) is 1.37. The summed E-state index contributed by atoms with van der Waals surface area (Å²) >= 11 is 0. The molecule has 0 spiro atoms. The van der Waals surface area contributed by atoms with E-state index in [4.69, 9.17) is 10.5 Å². The number of anilines is 1. The van der Waals surface area contributed by atoms with Crippen molar-refractivity contribution in [1.82, 2.24) is 0 Å². The van der Waals surface area contributed by atoms with Crippen LogP contribution in [-0.4, -0.2) is 12.9 Å². The van der Waals surface area contributed by atoms with Crippen LogP contribution >= 0.6 is 0 Å². The molecule has 5 heteroatoms. The lowest BCUT2D eigenvalue weighted by Crippen LogP contribution is -2.07. The number of hydrogen-bond acceptors (Lipinski definition) is 3. The fourth-order valence-corrected chi connectivity index (χ4v) is 1.84. The molecule has 0 unspecified atom stereocenters. The molecule has 20 heavy (non-hydrogen) atoms. The van der Waals surface area contributed by atoms with Gasteiger partial charge < -0.3 is 10.5 Å². The molecule has 2 rings (SSSR count). The summed E-state index contributed by atoms with van der Waals surface area (Å²) in [6.45, 7) is 1.52. The minimum atomic E-state index is -0.580. The molecule has 0 radical (unpaired) electrons. The third-order valence-electron chi connectivity index (χ3n) is 3.05. The molecule has 0 aliphatic rings. The van der Waals surface area contributed by atoms with E-state index in [0.717, 1.165) is 12.1 Å². The summed E-state index contributed by atoms with van der Waals surface area (Å²) in [5.74, 6) is -1.48. The van der Waals surface area contributed by atoms with Gasteiger partial charge in [-0.2, -0.15) is 0 Å². The van der Waals surface area contributed by atoms with E-state index in [1.54, 1.807) is 0 Å². The van der Waals surface area contributed by atoms with E-state index in [-0.39, 0.29) is 28.1 Å². The average molecular weight is 277 g/mol. The van der Waals surface area contributed by atoms with Crippen LogP contribution in [0, 0.1) is 18.6 Å². The Hall–Kier alpha value is -2.43. The van der Waals surface area contributed by atoms with Crippen LogP contribution in [0.3, 0.4) is 0 Å². The molecular formula is C15H13F2NO2. The van der Waals surface area contributed by atoms with Gasteiger partial charge in [0.15, 0.2) is 5.78 Å². The predicted octanol–water partition coefficient (Wildman–Crippen LogP) is 3.10.